The minimum Gasteiger partial charge on any atom is -0.475 e. The second-order valence-corrected chi connectivity index (χ2v) is 4.10. The van der Waals surface area contributed by atoms with Gasteiger partial charge in [-0.2, -0.15) is 0 Å². The standard InChI is InChI=1S/C10H10N2O3S/c1-2-3-6-8(10(13)14)15-9(12-6)7-4-11-5-16-7/h4-5H,2-3H2,1H3,(H,13,14). The van der Waals surface area contributed by atoms with E-state index < -0.39 is 5.97 Å². The summed E-state index contributed by atoms with van der Waals surface area (Å²) in [5.74, 6) is -0.805. The normalized spacial score (nSPS) is 10.6. The van der Waals surface area contributed by atoms with Crippen LogP contribution in [0.3, 0.4) is 0 Å². The van der Waals surface area contributed by atoms with Gasteiger partial charge in [-0.15, -0.1) is 11.3 Å². The molecule has 0 radical (unpaired) electrons. The van der Waals surface area contributed by atoms with Gasteiger partial charge in [-0.3, -0.25) is 4.98 Å². The highest BCUT2D eigenvalue weighted by Gasteiger charge is 2.20. The van der Waals surface area contributed by atoms with Gasteiger partial charge in [-0.1, -0.05) is 13.3 Å². The molecule has 0 aliphatic rings. The van der Waals surface area contributed by atoms with Crippen LogP contribution in [0.2, 0.25) is 0 Å². The molecule has 1 N–H and O–H groups in total. The maximum Gasteiger partial charge on any atom is 0.373 e. The Hall–Kier alpha value is -1.69. The number of oxazole rings is 1. The lowest BCUT2D eigenvalue weighted by Gasteiger charge is -1.91. The molecule has 0 aliphatic carbocycles. The molecule has 2 rings (SSSR count). The van der Waals surface area contributed by atoms with Crippen LogP contribution in [0.25, 0.3) is 10.8 Å². The first-order chi connectivity index (χ1) is 7.72. The molecule has 6 heteroatoms. The lowest BCUT2D eigenvalue weighted by molar-refractivity contribution is 0.0662. The van der Waals surface area contributed by atoms with Gasteiger partial charge < -0.3 is 9.52 Å². The molecule has 0 bridgehead atoms. The van der Waals surface area contributed by atoms with Gasteiger partial charge in [0, 0.05) is 0 Å². The molecule has 0 amide bonds. The molecular weight excluding hydrogens is 228 g/mol. The highest BCUT2D eigenvalue weighted by molar-refractivity contribution is 7.13. The number of thiazole rings is 1. The first kappa shape index (κ1) is 10.8. The third kappa shape index (κ3) is 1.96. The molecule has 0 unspecified atom stereocenters. The molecule has 0 fully saturated rings. The van der Waals surface area contributed by atoms with E-state index in [1.807, 2.05) is 6.92 Å². The quantitative estimate of drug-likeness (QED) is 0.885. The van der Waals surface area contributed by atoms with Gasteiger partial charge >= 0.3 is 5.97 Å². The fraction of sp³-hybridized carbons (Fsp3) is 0.300. The van der Waals surface area contributed by atoms with Gasteiger partial charge in [0.2, 0.25) is 11.7 Å². The fourth-order valence-electron chi connectivity index (χ4n) is 1.35. The van der Waals surface area contributed by atoms with E-state index in [4.69, 9.17) is 9.52 Å². The Morgan fingerprint density at radius 2 is 2.44 bits per heavy atom. The average Bonchev–Trinajstić information content (AvgIpc) is 2.83. The van der Waals surface area contributed by atoms with E-state index in [-0.39, 0.29) is 5.76 Å². The Morgan fingerprint density at radius 3 is 3.00 bits per heavy atom. The van der Waals surface area contributed by atoms with Crippen LogP contribution in [-0.2, 0) is 6.42 Å². The van der Waals surface area contributed by atoms with Crippen molar-refractivity contribution in [3.05, 3.63) is 23.2 Å². The third-order valence-electron chi connectivity index (χ3n) is 2.02. The van der Waals surface area contributed by atoms with Crippen molar-refractivity contribution in [2.75, 3.05) is 0 Å². The summed E-state index contributed by atoms with van der Waals surface area (Å²) in [6, 6.07) is 0. The van der Waals surface area contributed by atoms with Crippen LogP contribution in [0, 0.1) is 0 Å². The zero-order valence-electron chi connectivity index (χ0n) is 8.64. The number of aryl methyl sites for hydroxylation is 1. The zero-order chi connectivity index (χ0) is 11.5. The maximum absolute atomic E-state index is 10.9. The van der Waals surface area contributed by atoms with Crippen molar-refractivity contribution in [3.8, 4) is 10.8 Å². The summed E-state index contributed by atoms with van der Waals surface area (Å²) in [6.07, 6.45) is 3.04. The van der Waals surface area contributed by atoms with Crippen molar-refractivity contribution < 1.29 is 14.3 Å². The van der Waals surface area contributed by atoms with E-state index in [1.165, 1.54) is 11.3 Å². The summed E-state index contributed by atoms with van der Waals surface area (Å²) in [6.45, 7) is 1.96. The predicted molar refractivity (Wildman–Crippen MR) is 58.6 cm³/mol. The number of carbonyl (C=O) groups is 1. The zero-order valence-corrected chi connectivity index (χ0v) is 9.45. The highest BCUT2D eigenvalue weighted by Crippen LogP contribution is 2.25. The number of hydrogen-bond donors (Lipinski definition) is 1. The molecule has 84 valence electrons. The van der Waals surface area contributed by atoms with Crippen molar-refractivity contribution in [1.29, 1.82) is 0 Å². The van der Waals surface area contributed by atoms with E-state index in [9.17, 15) is 4.79 Å². The summed E-state index contributed by atoms with van der Waals surface area (Å²) in [5, 5.41) is 8.96. The molecule has 0 saturated heterocycles. The molecule has 0 aliphatic heterocycles. The second-order valence-electron chi connectivity index (χ2n) is 3.22. The van der Waals surface area contributed by atoms with Gasteiger partial charge in [-0.25, -0.2) is 9.78 Å². The van der Waals surface area contributed by atoms with Crippen LogP contribution in [0.15, 0.2) is 16.1 Å². The molecule has 16 heavy (non-hydrogen) atoms. The smallest absolute Gasteiger partial charge is 0.373 e. The summed E-state index contributed by atoms with van der Waals surface area (Å²) in [7, 11) is 0. The van der Waals surface area contributed by atoms with Crippen LogP contribution in [-0.4, -0.2) is 21.0 Å². The Bertz CT molecular complexity index is 490. The Kier molecular flexibility index (Phi) is 3.00. The minimum absolute atomic E-state index is 0.0646. The van der Waals surface area contributed by atoms with Crippen LogP contribution in [0.5, 0.6) is 0 Å². The van der Waals surface area contributed by atoms with E-state index in [0.717, 1.165) is 11.3 Å². The van der Waals surface area contributed by atoms with Gasteiger partial charge in [-0.05, 0) is 6.42 Å². The summed E-state index contributed by atoms with van der Waals surface area (Å²) < 4.78 is 5.23. The third-order valence-corrected chi connectivity index (χ3v) is 2.78. The van der Waals surface area contributed by atoms with Gasteiger partial charge in [0.15, 0.2) is 0 Å². The lowest BCUT2D eigenvalue weighted by Crippen LogP contribution is -1.99. The van der Waals surface area contributed by atoms with E-state index >= 15 is 0 Å². The van der Waals surface area contributed by atoms with Crippen LogP contribution >= 0.6 is 11.3 Å². The second kappa shape index (κ2) is 4.44. The van der Waals surface area contributed by atoms with Gasteiger partial charge in [0.05, 0.1) is 17.4 Å². The molecule has 2 aromatic rings. The summed E-state index contributed by atoms with van der Waals surface area (Å²) >= 11 is 1.37. The monoisotopic (exact) mass is 238 g/mol. The SMILES string of the molecule is CCCc1nc(-c2cncs2)oc1C(=O)O. The number of carboxylic acid groups (broad SMARTS) is 1. The number of rotatable bonds is 4. The van der Waals surface area contributed by atoms with Gasteiger partial charge in [0.25, 0.3) is 0 Å². The molecule has 2 aromatic heterocycles. The fourth-order valence-corrected chi connectivity index (χ4v) is 1.90. The van der Waals surface area contributed by atoms with E-state index in [1.54, 1.807) is 11.7 Å². The molecule has 2 heterocycles. The van der Waals surface area contributed by atoms with Crippen LogP contribution in [0.1, 0.15) is 29.6 Å². The Morgan fingerprint density at radius 1 is 1.62 bits per heavy atom. The van der Waals surface area contributed by atoms with E-state index in [2.05, 4.69) is 9.97 Å². The number of carboxylic acids is 1. The molecule has 5 nitrogen and oxygen atoms in total. The summed E-state index contributed by atoms with van der Waals surface area (Å²) in [5.41, 5.74) is 2.15. The maximum atomic E-state index is 10.9. The molecule has 0 atom stereocenters. The molecule has 0 aromatic carbocycles. The lowest BCUT2D eigenvalue weighted by atomic mass is 10.2. The molecule has 0 spiro atoms. The van der Waals surface area contributed by atoms with Crippen molar-refractivity contribution in [3.63, 3.8) is 0 Å². The average molecular weight is 238 g/mol. The Labute approximate surface area is 95.8 Å². The van der Waals surface area contributed by atoms with Crippen LogP contribution < -0.4 is 0 Å². The van der Waals surface area contributed by atoms with Crippen molar-refractivity contribution in [1.82, 2.24) is 9.97 Å². The van der Waals surface area contributed by atoms with Crippen molar-refractivity contribution in [2.24, 2.45) is 0 Å². The van der Waals surface area contributed by atoms with Crippen molar-refractivity contribution in [2.45, 2.75) is 19.8 Å². The topological polar surface area (TPSA) is 76.2 Å². The highest BCUT2D eigenvalue weighted by atomic mass is 32.1. The number of aromatic carboxylic acids is 1. The number of hydrogen-bond acceptors (Lipinski definition) is 5. The first-order valence-corrected chi connectivity index (χ1v) is 5.72. The first-order valence-electron chi connectivity index (χ1n) is 4.84. The van der Waals surface area contributed by atoms with Crippen molar-refractivity contribution >= 4 is 17.3 Å². The largest absolute Gasteiger partial charge is 0.475 e. The van der Waals surface area contributed by atoms with Crippen LogP contribution in [0.4, 0.5) is 0 Å². The number of aromatic nitrogens is 2. The minimum atomic E-state index is -1.08. The van der Waals surface area contributed by atoms with Gasteiger partial charge in [0.1, 0.15) is 4.88 Å². The predicted octanol–water partition coefficient (Wildman–Crippen LogP) is 2.45. The molecule has 0 saturated carbocycles. The number of nitrogens with zero attached hydrogens (tertiary/aromatic N) is 2. The Balaban J connectivity index is 2.42. The summed E-state index contributed by atoms with van der Waals surface area (Å²) in [4.78, 5) is 19.8. The molecular formula is C10H10N2O3S. The van der Waals surface area contributed by atoms with E-state index in [0.29, 0.717) is 18.0 Å².